The minimum Gasteiger partial charge on any atom is -0.464 e. The molecule has 0 fully saturated rings. The van der Waals surface area contributed by atoms with Gasteiger partial charge in [0.2, 0.25) is 0 Å². The quantitative estimate of drug-likeness (QED) is 0.224. The Bertz CT molecular complexity index is 210. The zero-order chi connectivity index (χ0) is 14.3. The maximum atomic E-state index is 10.4. The standard InChI is InChI=1S/C15H32N2O2/c1-2-3-4-5-6-7-8-9-10-11-12-13-14-17(16)15(18)19/h2-14,16H2,1H3,(H,18,19). The number of amides is 1. The summed E-state index contributed by atoms with van der Waals surface area (Å²) >= 11 is 0. The van der Waals surface area contributed by atoms with Crippen molar-refractivity contribution in [3.05, 3.63) is 0 Å². The first-order valence-corrected chi connectivity index (χ1v) is 7.93. The van der Waals surface area contributed by atoms with E-state index in [2.05, 4.69) is 6.92 Å². The van der Waals surface area contributed by atoms with Gasteiger partial charge in [-0.25, -0.2) is 15.6 Å². The Morgan fingerprint density at radius 2 is 1.21 bits per heavy atom. The lowest BCUT2D eigenvalue weighted by Crippen LogP contribution is -2.36. The van der Waals surface area contributed by atoms with Crippen LogP contribution in [0.3, 0.4) is 0 Å². The van der Waals surface area contributed by atoms with E-state index in [0.29, 0.717) is 6.54 Å². The first kappa shape index (κ1) is 18.2. The molecule has 0 unspecified atom stereocenters. The van der Waals surface area contributed by atoms with Crippen molar-refractivity contribution in [1.29, 1.82) is 0 Å². The molecule has 0 aromatic heterocycles. The molecule has 0 aromatic carbocycles. The van der Waals surface area contributed by atoms with Gasteiger partial charge in [0.1, 0.15) is 0 Å². The Kier molecular flexibility index (Phi) is 13.1. The van der Waals surface area contributed by atoms with Crippen molar-refractivity contribution in [2.24, 2.45) is 5.84 Å². The van der Waals surface area contributed by atoms with E-state index in [1.807, 2.05) is 0 Å². The van der Waals surface area contributed by atoms with Crippen molar-refractivity contribution in [3.63, 3.8) is 0 Å². The number of nitrogens with two attached hydrogens (primary N) is 1. The van der Waals surface area contributed by atoms with Gasteiger partial charge >= 0.3 is 6.09 Å². The molecule has 0 heterocycles. The number of carbonyl (C=O) groups is 1. The molecule has 0 rings (SSSR count). The third-order valence-electron chi connectivity index (χ3n) is 3.50. The van der Waals surface area contributed by atoms with E-state index >= 15 is 0 Å². The average Bonchev–Trinajstić information content (AvgIpc) is 2.39. The van der Waals surface area contributed by atoms with E-state index in [1.54, 1.807) is 0 Å². The van der Waals surface area contributed by atoms with Gasteiger partial charge in [0, 0.05) is 6.54 Å². The van der Waals surface area contributed by atoms with E-state index in [0.717, 1.165) is 17.9 Å². The summed E-state index contributed by atoms with van der Waals surface area (Å²) in [5.41, 5.74) is 0. The van der Waals surface area contributed by atoms with Gasteiger partial charge in [-0.2, -0.15) is 0 Å². The second-order valence-electron chi connectivity index (χ2n) is 5.37. The van der Waals surface area contributed by atoms with Gasteiger partial charge in [0.25, 0.3) is 0 Å². The Hall–Kier alpha value is -0.770. The van der Waals surface area contributed by atoms with Crippen molar-refractivity contribution >= 4 is 6.09 Å². The highest BCUT2D eigenvalue weighted by atomic mass is 16.4. The second-order valence-corrected chi connectivity index (χ2v) is 5.37. The molecule has 0 aliphatic heterocycles. The van der Waals surface area contributed by atoms with E-state index in [1.165, 1.54) is 64.2 Å². The molecule has 0 aliphatic carbocycles. The van der Waals surface area contributed by atoms with Crippen molar-refractivity contribution in [3.8, 4) is 0 Å². The molecular formula is C15H32N2O2. The van der Waals surface area contributed by atoms with Gasteiger partial charge < -0.3 is 5.11 Å². The number of hydrazine groups is 1. The second kappa shape index (κ2) is 13.7. The molecule has 4 nitrogen and oxygen atoms in total. The monoisotopic (exact) mass is 272 g/mol. The maximum Gasteiger partial charge on any atom is 0.421 e. The summed E-state index contributed by atoms with van der Waals surface area (Å²) in [6.07, 6.45) is 14.3. The van der Waals surface area contributed by atoms with Crippen LogP contribution in [0.4, 0.5) is 4.79 Å². The van der Waals surface area contributed by atoms with Gasteiger partial charge in [-0.1, -0.05) is 77.6 Å². The van der Waals surface area contributed by atoms with Crippen molar-refractivity contribution in [2.45, 2.75) is 84.0 Å². The molecule has 4 heteroatoms. The van der Waals surface area contributed by atoms with Crippen LogP contribution < -0.4 is 5.84 Å². The maximum absolute atomic E-state index is 10.4. The normalized spacial score (nSPS) is 10.6. The van der Waals surface area contributed by atoms with Crippen LogP contribution in [0.1, 0.15) is 84.0 Å². The highest BCUT2D eigenvalue weighted by molar-refractivity contribution is 5.63. The number of unbranched alkanes of at least 4 members (excludes halogenated alkanes) is 11. The first-order chi connectivity index (χ1) is 9.18. The molecule has 0 spiro atoms. The summed E-state index contributed by atoms with van der Waals surface area (Å²) in [4.78, 5) is 10.4. The molecule has 0 aliphatic rings. The molecule has 0 bridgehead atoms. The van der Waals surface area contributed by atoms with Crippen LogP contribution in [0.2, 0.25) is 0 Å². The summed E-state index contributed by atoms with van der Waals surface area (Å²) in [5, 5.41) is 9.43. The number of rotatable bonds is 13. The van der Waals surface area contributed by atoms with E-state index in [-0.39, 0.29) is 0 Å². The Morgan fingerprint density at radius 1 is 0.842 bits per heavy atom. The van der Waals surface area contributed by atoms with Crippen molar-refractivity contribution < 1.29 is 9.90 Å². The largest absolute Gasteiger partial charge is 0.464 e. The molecule has 0 saturated carbocycles. The van der Waals surface area contributed by atoms with Crippen LogP contribution in [0.25, 0.3) is 0 Å². The lowest BCUT2D eigenvalue weighted by Gasteiger charge is -2.11. The summed E-state index contributed by atoms with van der Waals surface area (Å²) in [5.74, 6) is 5.28. The predicted molar refractivity (Wildman–Crippen MR) is 80.0 cm³/mol. The van der Waals surface area contributed by atoms with Crippen LogP contribution in [-0.2, 0) is 0 Å². The van der Waals surface area contributed by atoms with Crippen LogP contribution in [0.5, 0.6) is 0 Å². The fourth-order valence-corrected chi connectivity index (χ4v) is 2.22. The molecule has 3 N–H and O–H groups in total. The minimum atomic E-state index is -1.04. The third-order valence-corrected chi connectivity index (χ3v) is 3.50. The molecule has 114 valence electrons. The number of hydrogen-bond acceptors (Lipinski definition) is 2. The highest BCUT2D eigenvalue weighted by Gasteiger charge is 2.04. The minimum absolute atomic E-state index is 0.451. The van der Waals surface area contributed by atoms with E-state index in [4.69, 9.17) is 10.9 Å². The summed E-state index contributed by atoms with van der Waals surface area (Å²) in [7, 11) is 0. The molecular weight excluding hydrogens is 240 g/mol. The summed E-state index contributed by atoms with van der Waals surface area (Å²) in [6, 6.07) is 0. The average molecular weight is 272 g/mol. The van der Waals surface area contributed by atoms with Crippen molar-refractivity contribution in [1.82, 2.24) is 5.01 Å². The topological polar surface area (TPSA) is 66.6 Å². The zero-order valence-electron chi connectivity index (χ0n) is 12.6. The number of hydrogen-bond donors (Lipinski definition) is 2. The zero-order valence-corrected chi connectivity index (χ0v) is 12.6. The lowest BCUT2D eigenvalue weighted by atomic mass is 10.1. The Labute approximate surface area is 118 Å². The SMILES string of the molecule is CCCCCCCCCCCCCCN(N)C(=O)O. The summed E-state index contributed by atoms with van der Waals surface area (Å²) < 4.78 is 0. The Morgan fingerprint density at radius 3 is 1.58 bits per heavy atom. The van der Waals surface area contributed by atoms with Gasteiger partial charge in [-0.15, -0.1) is 0 Å². The Balaban J connectivity index is 3.05. The molecule has 1 amide bonds. The molecule has 0 atom stereocenters. The lowest BCUT2D eigenvalue weighted by molar-refractivity contribution is 0.145. The van der Waals surface area contributed by atoms with E-state index in [9.17, 15) is 4.79 Å². The predicted octanol–water partition coefficient (Wildman–Crippen LogP) is 4.54. The molecule has 19 heavy (non-hydrogen) atoms. The van der Waals surface area contributed by atoms with Gasteiger partial charge in [0.05, 0.1) is 0 Å². The molecule has 0 aromatic rings. The van der Waals surface area contributed by atoms with Crippen molar-refractivity contribution in [2.75, 3.05) is 6.54 Å². The molecule has 0 radical (unpaired) electrons. The van der Waals surface area contributed by atoms with Crippen LogP contribution in [-0.4, -0.2) is 22.8 Å². The molecule has 0 saturated heterocycles. The number of carboxylic acid groups (broad SMARTS) is 1. The fraction of sp³-hybridized carbons (Fsp3) is 0.933. The smallest absolute Gasteiger partial charge is 0.421 e. The summed E-state index contributed by atoms with van der Waals surface area (Å²) in [6.45, 7) is 2.70. The van der Waals surface area contributed by atoms with Crippen LogP contribution in [0.15, 0.2) is 0 Å². The van der Waals surface area contributed by atoms with Crippen LogP contribution in [0, 0.1) is 0 Å². The van der Waals surface area contributed by atoms with Gasteiger partial charge in [0.15, 0.2) is 0 Å². The highest BCUT2D eigenvalue weighted by Crippen LogP contribution is 2.11. The van der Waals surface area contributed by atoms with Crippen LogP contribution >= 0.6 is 0 Å². The number of nitrogens with zero attached hydrogens (tertiary/aromatic N) is 1. The van der Waals surface area contributed by atoms with Gasteiger partial charge in [-0.05, 0) is 6.42 Å². The van der Waals surface area contributed by atoms with Gasteiger partial charge in [-0.3, -0.25) is 0 Å². The third kappa shape index (κ3) is 13.5. The fourth-order valence-electron chi connectivity index (χ4n) is 2.22. The van der Waals surface area contributed by atoms with E-state index < -0.39 is 6.09 Å². The first-order valence-electron chi connectivity index (χ1n) is 7.93.